The molecule has 20 heavy (non-hydrogen) atoms. The van der Waals surface area contributed by atoms with Crippen molar-refractivity contribution >= 4 is 0 Å². The average Bonchev–Trinajstić information content (AvgIpc) is 2.47. The van der Waals surface area contributed by atoms with Gasteiger partial charge in [-0.3, -0.25) is 10.1 Å². The molecular weight excluding hydrogens is 258 g/mol. The summed E-state index contributed by atoms with van der Waals surface area (Å²) < 4.78 is 10.9. The predicted octanol–water partition coefficient (Wildman–Crippen LogP) is 2.92. The van der Waals surface area contributed by atoms with Crippen LogP contribution in [0.4, 0.5) is 0 Å². The van der Waals surface area contributed by atoms with Crippen LogP contribution in [0.5, 0.6) is 5.75 Å². The van der Waals surface area contributed by atoms with Crippen molar-refractivity contribution in [3.63, 3.8) is 0 Å². The van der Waals surface area contributed by atoms with Gasteiger partial charge in [0, 0.05) is 18.5 Å². The number of nitro groups is 1. The van der Waals surface area contributed by atoms with Gasteiger partial charge in [0.15, 0.2) is 0 Å². The number of allylic oxidation sites excluding steroid dienone is 1. The third-order valence-electron chi connectivity index (χ3n) is 3.71. The molecule has 1 aromatic rings. The van der Waals surface area contributed by atoms with Gasteiger partial charge in [-0.25, -0.2) is 0 Å². The van der Waals surface area contributed by atoms with Crippen LogP contribution in [0.2, 0.25) is 0 Å². The summed E-state index contributed by atoms with van der Waals surface area (Å²) in [5.74, 6) is 0.559. The molecule has 0 radical (unpaired) electrons. The molecule has 0 amide bonds. The summed E-state index contributed by atoms with van der Waals surface area (Å²) in [6.45, 7) is 2.34. The van der Waals surface area contributed by atoms with Gasteiger partial charge >= 0.3 is 0 Å². The fraction of sp³-hybridized carbons (Fsp3) is 0.467. The zero-order chi connectivity index (χ0) is 14.6. The van der Waals surface area contributed by atoms with Gasteiger partial charge in [0.1, 0.15) is 11.9 Å². The second-order valence-corrected chi connectivity index (χ2v) is 4.73. The molecule has 5 heteroatoms. The Bertz CT molecular complexity index is 514. The Morgan fingerprint density at radius 2 is 2.20 bits per heavy atom. The van der Waals surface area contributed by atoms with Crippen LogP contribution in [0.3, 0.4) is 0 Å². The molecule has 2 unspecified atom stereocenters. The fourth-order valence-electron chi connectivity index (χ4n) is 2.79. The summed E-state index contributed by atoms with van der Waals surface area (Å²) >= 11 is 0. The molecule has 0 spiro atoms. The Morgan fingerprint density at radius 1 is 1.45 bits per heavy atom. The Morgan fingerprint density at radius 3 is 2.85 bits per heavy atom. The smallest absolute Gasteiger partial charge is 0.280 e. The lowest BCUT2D eigenvalue weighted by atomic mass is 9.77. The van der Waals surface area contributed by atoms with Crippen LogP contribution < -0.4 is 4.74 Å². The standard InChI is InChI=1S/C15H19NO4/c1-3-20-13-9-5-4-8-12(13)15(16(17)18)11-7-6-10-14(15)19-2/h4-6,8-10,14H,3,7,11H2,1-2H3. The van der Waals surface area contributed by atoms with Crippen LogP contribution in [0.1, 0.15) is 25.3 Å². The van der Waals surface area contributed by atoms with Crippen molar-refractivity contribution in [2.24, 2.45) is 0 Å². The summed E-state index contributed by atoms with van der Waals surface area (Å²) in [4.78, 5) is 11.6. The van der Waals surface area contributed by atoms with E-state index in [0.29, 0.717) is 30.8 Å². The summed E-state index contributed by atoms with van der Waals surface area (Å²) in [7, 11) is 1.50. The number of rotatable bonds is 5. The monoisotopic (exact) mass is 277 g/mol. The summed E-state index contributed by atoms with van der Waals surface area (Å²) in [6.07, 6.45) is 4.17. The van der Waals surface area contributed by atoms with Gasteiger partial charge in [-0.15, -0.1) is 0 Å². The average molecular weight is 277 g/mol. The number of ether oxygens (including phenoxy) is 2. The molecule has 0 N–H and O–H groups in total. The minimum Gasteiger partial charge on any atom is -0.493 e. The topological polar surface area (TPSA) is 61.6 Å². The second-order valence-electron chi connectivity index (χ2n) is 4.73. The van der Waals surface area contributed by atoms with Crippen molar-refractivity contribution in [3.05, 3.63) is 52.1 Å². The van der Waals surface area contributed by atoms with Crippen LogP contribution in [0.25, 0.3) is 0 Å². The van der Waals surface area contributed by atoms with E-state index in [4.69, 9.17) is 9.47 Å². The van der Waals surface area contributed by atoms with Crippen LogP contribution in [0.15, 0.2) is 36.4 Å². The third-order valence-corrected chi connectivity index (χ3v) is 3.71. The number of methoxy groups -OCH3 is 1. The van der Waals surface area contributed by atoms with E-state index in [1.165, 1.54) is 7.11 Å². The molecule has 1 aliphatic rings. The lowest BCUT2D eigenvalue weighted by Crippen LogP contribution is -2.48. The molecular formula is C15H19NO4. The zero-order valence-electron chi connectivity index (χ0n) is 11.7. The van der Waals surface area contributed by atoms with Gasteiger partial charge in [-0.1, -0.05) is 24.3 Å². The van der Waals surface area contributed by atoms with Gasteiger partial charge < -0.3 is 9.47 Å². The minimum absolute atomic E-state index is 0.234. The molecule has 0 aliphatic heterocycles. The number of benzene rings is 1. The third kappa shape index (κ3) is 2.29. The minimum atomic E-state index is -1.28. The van der Waals surface area contributed by atoms with Crippen molar-refractivity contribution in [2.45, 2.75) is 31.4 Å². The molecule has 0 fully saturated rings. The molecule has 108 valence electrons. The molecule has 0 aromatic heterocycles. The van der Waals surface area contributed by atoms with Gasteiger partial charge in [0.2, 0.25) is 0 Å². The van der Waals surface area contributed by atoms with E-state index in [0.717, 1.165) is 0 Å². The Hall–Kier alpha value is -1.88. The highest BCUT2D eigenvalue weighted by Gasteiger charge is 2.54. The van der Waals surface area contributed by atoms with Crippen LogP contribution in [0, 0.1) is 10.1 Å². The van der Waals surface area contributed by atoms with Gasteiger partial charge in [0.25, 0.3) is 5.54 Å². The second kappa shape index (κ2) is 6.05. The number of hydrogen-bond donors (Lipinski definition) is 0. The van der Waals surface area contributed by atoms with Crippen molar-refractivity contribution in [3.8, 4) is 5.75 Å². The van der Waals surface area contributed by atoms with E-state index < -0.39 is 11.6 Å². The normalized spacial score (nSPS) is 25.4. The Kier molecular flexibility index (Phi) is 4.39. The van der Waals surface area contributed by atoms with E-state index in [-0.39, 0.29) is 4.92 Å². The quantitative estimate of drug-likeness (QED) is 0.471. The molecule has 0 saturated heterocycles. The maximum absolute atomic E-state index is 11.8. The van der Waals surface area contributed by atoms with E-state index in [9.17, 15) is 10.1 Å². The molecule has 2 atom stereocenters. The van der Waals surface area contributed by atoms with Crippen molar-refractivity contribution < 1.29 is 14.4 Å². The van der Waals surface area contributed by atoms with Gasteiger partial charge in [-0.2, -0.15) is 0 Å². The Balaban J connectivity index is 2.59. The van der Waals surface area contributed by atoms with E-state index >= 15 is 0 Å². The molecule has 2 rings (SSSR count). The zero-order valence-corrected chi connectivity index (χ0v) is 11.7. The lowest BCUT2D eigenvalue weighted by Gasteiger charge is -2.34. The van der Waals surface area contributed by atoms with Crippen molar-refractivity contribution in [2.75, 3.05) is 13.7 Å². The maximum atomic E-state index is 11.8. The molecule has 0 saturated carbocycles. The fourth-order valence-corrected chi connectivity index (χ4v) is 2.79. The van der Waals surface area contributed by atoms with Crippen LogP contribution >= 0.6 is 0 Å². The highest BCUT2D eigenvalue weighted by Crippen LogP contribution is 2.42. The predicted molar refractivity (Wildman–Crippen MR) is 75.5 cm³/mol. The largest absolute Gasteiger partial charge is 0.493 e. The van der Waals surface area contributed by atoms with Crippen molar-refractivity contribution in [1.82, 2.24) is 0 Å². The maximum Gasteiger partial charge on any atom is 0.280 e. The first kappa shape index (κ1) is 14.5. The highest BCUT2D eigenvalue weighted by atomic mass is 16.6. The van der Waals surface area contributed by atoms with Gasteiger partial charge in [-0.05, 0) is 25.5 Å². The first-order valence-electron chi connectivity index (χ1n) is 6.73. The number of nitrogens with zero attached hydrogens (tertiary/aromatic N) is 1. The highest BCUT2D eigenvalue weighted by molar-refractivity contribution is 5.40. The SMILES string of the molecule is CCOc1ccccc1C1([N+](=O)[O-])CCC=CC1OC. The first-order valence-corrected chi connectivity index (χ1v) is 6.73. The molecule has 0 bridgehead atoms. The van der Waals surface area contributed by atoms with Crippen LogP contribution in [-0.4, -0.2) is 24.7 Å². The van der Waals surface area contributed by atoms with E-state index in [1.54, 1.807) is 24.3 Å². The molecule has 5 nitrogen and oxygen atoms in total. The summed E-state index contributed by atoms with van der Waals surface area (Å²) in [6, 6.07) is 7.16. The molecule has 1 aromatic carbocycles. The van der Waals surface area contributed by atoms with Gasteiger partial charge in [0.05, 0.1) is 12.2 Å². The Labute approximate surface area is 118 Å². The molecule has 1 aliphatic carbocycles. The lowest BCUT2D eigenvalue weighted by molar-refractivity contribution is -0.592. The summed E-state index contributed by atoms with van der Waals surface area (Å²) in [5, 5.41) is 11.8. The summed E-state index contributed by atoms with van der Waals surface area (Å²) in [5.41, 5.74) is -0.696. The van der Waals surface area contributed by atoms with E-state index in [2.05, 4.69) is 0 Å². The number of para-hydroxylation sites is 1. The van der Waals surface area contributed by atoms with E-state index in [1.807, 2.05) is 19.1 Å². The van der Waals surface area contributed by atoms with Crippen LogP contribution in [-0.2, 0) is 10.3 Å². The first-order chi connectivity index (χ1) is 9.66. The molecule has 0 heterocycles. The van der Waals surface area contributed by atoms with Crippen molar-refractivity contribution in [1.29, 1.82) is 0 Å². The number of hydrogen-bond acceptors (Lipinski definition) is 4.